The molecule has 120 valence electrons. The van der Waals surface area contributed by atoms with E-state index >= 15 is 0 Å². The van der Waals surface area contributed by atoms with Crippen molar-refractivity contribution in [1.82, 2.24) is 5.32 Å². The number of nitrogens with one attached hydrogen (secondary N) is 1. The van der Waals surface area contributed by atoms with E-state index in [9.17, 15) is 0 Å². The number of methoxy groups -OCH3 is 1. The number of ether oxygens (including phenoxy) is 2. The Hall–Kier alpha value is -1.71. The Balaban J connectivity index is 0.00000242. The van der Waals surface area contributed by atoms with Crippen molar-refractivity contribution in [3.63, 3.8) is 0 Å². The number of halogens is 1. The highest BCUT2D eigenvalue weighted by molar-refractivity contribution is 5.85. The molecular formula is C18H24ClNO2. The second-order valence-electron chi connectivity index (χ2n) is 4.98. The highest BCUT2D eigenvalue weighted by Crippen LogP contribution is 2.29. The van der Waals surface area contributed by atoms with Crippen LogP contribution in [0.15, 0.2) is 42.5 Å². The van der Waals surface area contributed by atoms with E-state index < -0.39 is 0 Å². The first-order valence-corrected chi connectivity index (χ1v) is 7.29. The predicted octanol–water partition coefficient (Wildman–Crippen LogP) is 4.11. The van der Waals surface area contributed by atoms with Crippen LogP contribution in [0.25, 0.3) is 0 Å². The average molecular weight is 322 g/mol. The minimum Gasteiger partial charge on any atom is -0.493 e. The second kappa shape index (κ2) is 9.34. The molecule has 0 aliphatic rings. The highest BCUT2D eigenvalue weighted by Gasteiger charge is 2.07. The quantitative estimate of drug-likeness (QED) is 0.832. The van der Waals surface area contributed by atoms with Gasteiger partial charge >= 0.3 is 0 Å². The van der Waals surface area contributed by atoms with Crippen LogP contribution in [-0.2, 0) is 13.2 Å². The Bertz CT molecular complexity index is 587. The highest BCUT2D eigenvalue weighted by atomic mass is 35.5. The largest absolute Gasteiger partial charge is 0.493 e. The summed E-state index contributed by atoms with van der Waals surface area (Å²) in [5, 5.41) is 3.30. The Morgan fingerprint density at radius 3 is 2.50 bits per heavy atom. The fourth-order valence-electron chi connectivity index (χ4n) is 2.14. The lowest BCUT2D eigenvalue weighted by atomic mass is 10.1. The Labute approximate surface area is 139 Å². The molecule has 0 heterocycles. The number of rotatable bonds is 7. The van der Waals surface area contributed by atoms with Gasteiger partial charge in [-0.3, -0.25) is 0 Å². The van der Waals surface area contributed by atoms with Crippen molar-refractivity contribution in [3.05, 3.63) is 59.2 Å². The number of aryl methyl sites for hydroxylation is 1. The molecule has 0 bridgehead atoms. The van der Waals surface area contributed by atoms with E-state index in [4.69, 9.17) is 9.47 Å². The van der Waals surface area contributed by atoms with Gasteiger partial charge < -0.3 is 14.8 Å². The Morgan fingerprint density at radius 1 is 1.05 bits per heavy atom. The topological polar surface area (TPSA) is 30.5 Å². The summed E-state index contributed by atoms with van der Waals surface area (Å²) >= 11 is 0. The van der Waals surface area contributed by atoms with Crippen molar-refractivity contribution in [3.8, 4) is 11.5 Å². The van der Waals surface area contributed by atoms with Crippen molar-refractivity contribution in [2.24, 2.45) is 0 Å². The molecule has 2 rings (SSSR count). The smallest absolute Gasteiger partial charge is 0.161 e. The zero-order valence-electron chi connectivity index (χ0n) is 13.4. The van der Waals surface area contributed by atoms with Gasteiger partial charge in [0.05, 0.1) is 7.11 Å². The summed E-state index contributed by atoms with van der Waals surface area (Å²) < 4.78 is 11.3. The van der Waals surface area contributed by atoms with E-state index in [1.165, 1.54) is 16.7 Å². The molecular weight excluding hydrogens is 298 g/mol. The van der Waals surface area contributed by atoms with Gasteiger partial charge in [-0.25, -0.2) is 0 Å². The van der Waals surface area contributed by atoms with Crippen molar-refractivity contribution >= 4 is 12.4 Å². The molecule has 0 saturated heterocycles. The summed E-state index contributed by atoms with van der Waals surface area (Å²) in [4.78, 5) is 0. The predicted molar refractivity (Wildman–Crippen MR) is 93.1 cm³/mol. The van der Waals surface area contributed by atoms with Crippen LogP contribution in [0.2, 0.25) is 0 Å². The standard InChI is InChI=1S/C18H23NO2.ClH/c1-4-19-12-15-9-10-17(18(11-15)20-3)21-13-16-8-6-5-7-14(16)2;/h5-11,19H,4,12-13H2,1-3H3;1H. The van der Waals surface area contributed by atoms with Gasteiger partial charge in [0.2, 0.25) is 0 Å². The van der Waals surface area contributed by atoms with Gasteiger partial charge in [-0.15, -0.1) is 12.4 Å². The normalized spacial score (nSPS) is 9.95. The molecule has 1 N–H and O–H groups in total. The SMILES string of the molecule is CCNCc1ccc(OCc2ccccc2C)c(OC)c1.Cl. The summed E-state index contributed by atoms with van der Waals surface area (Å²) in [5.74, 6) is 1.56. The van der Waals surface area contributed by atoms with Gasteiger partial charge in [0.15, 0.2) is 11.5 Å². The van der Waals surface area contributed by atoms with Crippen molar-refractivity contribution < 1.29 is 9.47 Å². The zero-order chi connectivity index (χ0) is 15.1. The van der Waals surface area contributed by atoms with Crippen LogP contribution in [0.1, 0.15) is 23.6 Å². The summed E-state index contributed by atoms with van der Waals surface area (Å²) in [6.45, 7) is 6.53. The fourth-order valence-corrected chi connectivity index (χ4v) is 2.14. The molecule has 0 fully saturated rings. The maximum atomic E-state index is 5.91. The molecule has 0 aliphatic heterocycles. The average Bonchev–Trinajstić information content (AvgIpc) is 2.52. The lowest BCUT2D eigenvalue weighted by Crippen LogP contribution is -2.11. The van der Waals surface area contributed by atoms with Crippen LogP contribution in [-0.4, -0.2) is 13.7 Å². The summed E-state index contributed by atoms with van der Waals surface area (Å²) in [7, 11) is 1.67. The van der Waals surface area contributed by atoms with Crippen LogP contribution < -0.4 is 14.8 Å². The molecule has 0 amide bonds. The van der Waals surface area contributed by atoms with Crippen molar-refractivity contribution in [2.45, 2.75) is 27.0 Å². The molecule has 4 heteroatoms. The Morgan fingerprint density at radius 2 is 1.82 bits per heavy atom. The first-order valence-electron chi connectivity index (χ1n) is 7.29. The van der Waals surface area contributed by atoms with Crippen LogP contribution in [0.3, 0.4) is 0 Å². The molecule has 2 aromatic rings. The molecule has 0 atom stereocenters. The molecule has 0 aromatic heterocycles. The molecule has 0 radical (unpaired) electrons. The van der Waals surface area contributed by atoms with Gasteiger partial charge in [0, 0.05) is 6.54 Å². The molecule has 0 spiro atoms. The third-order valence-electron chi connectivity index (χ3n) is 3.45. The lowest BCUT2D eigenvalue weighted by Gasteiger charge is -2.13. The number of hydrogen-bond acceptors (Lipinski definition) is 3. The van der Waals surface area contributed by atoms with Gasteiger partial charge in [-0.1, -0.05) is 37.3 Å². The first-order chi connectivity index (χ1) is 10.2. The lowest BCUT2D eigenvalue weighted by molar-refractivity contribution is 0.283. The van der Waals surface area contributed by atoms with E-state index in [0.717, 1.165) is 24.6 Å². The van der Waals surface area contributed by atoms with Gasteiger partial charge in [0.1, 0.15) is 6.61 Å². The number of hydrogen-bond donors (Lipinski definition) is 1. The zero-order valence-corrected chi connectivity index (χ0v) is 14.2. The maximum absolute atomic E-state index is 5.91. The molecule has 22 heavy (non-hydrogen) atoms. The van der Waals surface area contributed by atoms with Gasteiger partial charge in [-0.2, -0.15) is 0 Å². The van der Waals surface area contributed by atoms with Crippen molar-refractivity contribution in [1.29, 1.82) is 0 Å². The van der Waals surface area contributed by atoms with E-state index in [1.54, 1.807) is 7.11 Å². The van der Waals surface area contributed by atoms with Crippen LogP contribution >= 0.6 is 12.4 Å². The van der Waals surface area contributed by atoms with Gasteiger partial charge in [-0.05, 0) is 42.3 Å². The molecule has 0 unspecified atom stereocenters. The summed E-state index contributed by atoms with van der Waals surface area (Å²) in [6.07, 6.45) is 0. The molecule has 3 nitrogen and oxygen atoms in total. The van der Waals surface area contributed by atoms with Crippen LogP contribution in [0.4, 0.5) is 0 Å². The van der Waals surface area contributed by atoms with E-state index in [1.807, 2.05) is 24.3 Å². The summed E-state index contributed by atoms with van der Waals surface area (Å²) in [5.41, 5.74) is 3.62. The minimum absolute atomic E-state index is 0. The fraction of sp³-hybridized carbons (Fsp3) is 0.333. The van der Waals surface area contributed by atoms with Crippen molar-refractivity contribution in [2.75, 3.05) is 13.7 Å². The third kappa shape index (κ3) is 4.93. The van der Waals surface area contributed by atoms with Gasteiger partial charge in [0.25, 0.3) is 0 Å². The minimum atomic E-state index is 0. The first kappa shape index (κ1) is 18.3. The second-order valence-corrected chi connectivity index (χ2v) is 4.98. The van der Waals surface area contributed by atoms with E-state index in [-0.39, 0.29) is 12.4 Å². The van der Waals surface area contributed by atoms with E-state index in [2.05, 4.69) is 37.4 Å². The molecule has 0 aliphatic carbocycles. The van der Waals surface area contributed by atoms with E-state index in [0.29, 0.717) is 6.61 Å². The molecule has 2 aromatic carbocycles. The maximum Gasteiger partial charge on any atom is 0.161 e. The van der Waals surface area contributed by atoms with Crippen LogP contribution in [0, 0.1) is 6.92 Å². The third-order valence-corrected chi connectivity index (χ3v) is 3.45. The monoisotopic (exact) mass is 321 g/mol. The number of benzene rings is 2. The Kier molecular flexibility index (Phi) is 7.78. The molecule has 0 saturated carbocycles. The summed E-state index contributed by atoms with van der Waals surface area (Å²) in [6, 6.07) is 14.3. The van der Waals surface area contributed by atoms with Crippen LogP contribution in [0.5, 0.6) is 11.5 Å².